The number of hydrogen-bond donors (Lipinski definition) is 1. The minimum absolute atomic E-state index is 0.104. The Labute approximate surface area is 120 Å². The third-order valence-corrected chi connectivity index (χ3v) is 5.24. The van der Waals surface area contributed by atoms with Gasteiger partial charge in [0.2, 0.25) is 0 Å². The first kappa shape index (κ1) is 13.5. The summed E-state index contributed by atoms with van der Waals surface area (Å²) in [4.78, 5) is 11.9. The summed E-state index contributed by atoms with van der Waals surface area (Å²) in [6, 6.07) is 5.66. The van der Waals surface area contributed by atoms with Crippen molar-refractivity contribution in [2.75, 3.05) is 0 Å². The molecule has 20 heavy (non-hydrogen) atoms. The Morgan fingerprint density at radius 3 is 2.75 bits per heavy atom. The van der Waals surface area contributed by atoms with E-state index in [0.29, 0.717) is 12.2 Å². The number of hydrogen-bond acceptors (Lipinski definition) is 3. The molecule has 0 spiro atoms. The van der Waals surface area contributed by atoms with Crippen molar-refractivity contribution < 1.29 is 14.6 Å². The predicted molar refractivity (Wildman–Crippen MR) is 76.7 cm³/mol. The Hall–Kier alpha value is -1.51. The third kappa shape index (κ3) is 1.91. The fraction of sp³-hybridized carbons (Fsp3) is 0.588. The molecule has 1 N–H and O–H groups in total. The molecule has 0 aromatic heterocycles. The van der Waals surface area contributed by atoms with Gasteiger partial charge in [0.05, 0.1) is 0 Å². The third-order valence-electron chi connectivity index (χ3n) is 5.24. The smallest absolute Gasteiger partial charge is 0.306 e. The molecule has 0 saturated carbocycles. The van der Waals surface area contributed by atoms with E-state index in [4.69, 9.17) is 4.74 Å². The fourth-order valence-electron chi connectivity index (χ4n) is 4.32. The van der Waals surface area contributed by atoms with Crippen LogP contribution in [-0.2, 0) is 21.4 Å². The number of fused-ring (bicyclic) bond motifs is 3. The first-order chi connectivity index (χ1) is 9.33. The normalized spacial score (nSPS) is 31.8. The molecule has 0 amide bonds. The maximum absolute atomic E-state index is 11.9. The van der Waals surface area contributed by atoms with E-state index in [0.717, 1.165) is 19.3 Å². The van der Waals surface area contributed by atoms with Crippen LogP contribution in [0.5, 0.6) is 5.75 Å². The molecular formula is C17H22O3. The highest BCUT2D eigenvalue weighted by Gasteiger charge is 2.51. The van der Waals surface area contributed by atoms with Crippen molar-refractivity contribution in [3.05, 3.63) is 29.3 Å². The number of carbonyl (C=O) groups is 1. The van der Waals surface area contributed by atoms with Crippen LogP contribution in [0.25, 0.3) is 0 Å². The highest BCUT2D eigenvalue weighted by Crippen LogP contribution is 2.52. The zero-order valence-electron chi connectivity index (χ0n) is 12.4. The second-order valence-corrected chi connectivity index (χ2v) is 6.93. The van der Waals surface area contributed by atoms with Crippen LogP contribution in [0, 0.1) is 5.92 Å². The van der Waals surface area contributed by atoms with E-state index in [1.165, 1.54) is 11.1 Å². The second kappa shape index (κ2) is 4.24. The number of rotatable bonds is 0. The first-order valence-electron chi connectivity index (χ1n) is 7.37. The maximum Gasteiger partial charge on any atom is 0.306 e. The molecule has 0 radical (unpaired) electrons. The number of ether oxygens (including phenoxy) is 1. The first-order valence-corrected chi connectivity index (χ1v) is 7.37. The van der Waals surface area contributed by atoms with Gasteiger partial charge < -0.3 is 9.84 Å². The molecule has 1 aromatic carbocycles. The number of phenolic OH excluding ortho intramolecular Hbond substituents is 1. The molecular weight excluding hydrogens is 252 g/mol. The van der Waals surface area contributed by atoms with Gasteiger partial charge in [-0.15, -0.1) is 0 Å². The fourth-order valence-corrected chi connectivity index (χ4v) is 4.32. The Morgan fingerprint density at radius 1 is 1.25 bits per heavy atom. The van der Waals surface area contributed by atoms with E-state index in [1.54, 1.807) is 6.07 Å². The summed E-state index contributed by atoms with van der Waals surface area (Å²) >= 11 is 0. The van der Waals surface area contributed by atoms with Gasteiger partial charge in [-0.1, -0.05) is 13.0 Å². The van der Waals surface area contributed by atoms with E-state index in [2.05, 4.69) is 6.92 Å². The predicted octanol–water partition coefficient (Wildman–Crippen LogP) is 3.33. The number of aryl methyl sites for hydroxylation is 1. The lowest BCUT2D eigenvalue weighted by Crippen LogP contribution is -2.48. The summed E-state index contributed by atoms with van der Waals surface area (Å²) in [6.45, 7) is 6.26. The van der Waals surface area contributed by atoms with E-state index >= 15 is 0 Å². The van der Waals surface area contributed by atoms with Crippen LogP contribution in [0.4, 0.5) is 0 Å². The average Bonchev–Trinajstić information content (AvgIpc) is 2.45. The second-order valence-electron chi connectivity index (χ2n) is 6.93. The van der Waals surface area contributed by atoms with Gasteiger partial charge in [0.1, 0.15) is 11.4 Å². The number of cyclic esters (lactones) is 1. The van der Waals surface area contributed by atoms with Crippen LogP contribution in [-0.4, -0.2) is 16.7 Å². The van der Waals surface area contributed by atoms with E-state index in [9.17, 15) is 9.90 Å². The number of benzene rings is 1. The van der Waals surface area contributed by atoms with Crippen LogP contribution in [0.15, 0.2) is 18.2 Å². The van der Waals surface area contributed by atoms with Crippen molar-refractivity contribution in [1.29, 1.82) is 0 Å². The van der Waals surface area contributed by atoms with Crippen molar-refractivity contribution in [1.82, 2.24) is 0 Å². The summed E-state index contributed by atoms with van der Waals surface area (Å²) < 4.78 is 5.68. The highest BCUT2D eigenvalue weighted by molar-refractivity contribution is 5.71. The van der Waals surface area contributed by atoms with E-state index in [-0.39, 0.29) is 17.3 Å². The van der Waals surface area contributed by atoms with E-state index in [1.807, 2.05) is 26.0 Å². The molecule has 2 aliphatic rings. The molecule has 1 saturated heterocycles. The van der Waals surface area contributed by atoms with Gasteiger partial charge in [-0.05, 0) is 56.4 Å². The monoisotopic (exact) mass is 274 g/mol. The van der Waals surface area contributed by atoms with Crippen molar-refractivity contribution in [3.8, 4) is 5.75 Å². The van der Waals surface area contributed by atoms with E-state index < -0.39 is 5.60 Å². The molecule has 1 heterocycles. The summed E-state index contributed by atoms with van der Waals surface area (Å²) in [5, 5.41) is 9.85. The number of esters is 1. The Morgan fingerprint density at radius 2 is 2.00 bits per heavy atom. The Balaban J connectivity index is 2.15. The lowest BCUT2D eigenvalue weighted by molar-refractivity contribution is -0.160. The van der Waals surface area contributed by atoms with Gasteiger partial charge in [0.25, 0.3) is 0 Å². The van der Waals surface area contributed by atoms with Gasteiger partial charge >= 0.3 is 5.97 Å². The standard InChI is InChI=1S/C17H22O3/c1-16(2)14-7-5-11-4-6-12(18)10-13(11)17(14,3)9-8-15(19)20-16/h4,6,10,14,18H,5,7-9H2,1-3H3/t14-,17+/m0/s1. The number of aromatic hydroxyl groups is 1. The van der Waals surface area contributed by atoms with Gasteiger partial charge in [-0.25, -0.2) is 0 Å². The Bertz CT molecular complexity index is 561. The maximum atomic E-state index is 11.9. The van der Waals surface area contributed by atoms with Crippen molar-refractivity contribution >= 4 is 5.97 Å². The minimum Gasteiger partial charge on any atom is -0.508 e. The molecule has 1 fully saturated rings. The summed E-state index contributed by atoms with van der Waals surface area (Å²) in [7, 11) is 0. The lowest BCUT2D eigenvalue weighted by atomic mass is 9.58. The van der Waals surface area contributed by atoms with Gasteiger partial charge in [0, 0.05) is 17.8 Å². The molecule has 0 unspecified atom stereocenters. The molecule has 1 aromatic rings. The Kier molecular flexibility index (Phi) is 2.86. The molecule has 108 valence electrons. The topological polar surface area (TPSA) is 46.5 Å². The summed E-state index contributed by atoms with van der Waals surface area (Å²) in [5.41, 5.74) is 1.93. The highest BCUT2D eigenvalue weighted by atomic mass is 16.6. The molecule has 1 aliphatic heterocycles. The number of phenols is 1. The van der Waals surface area contributed by atoms with Crippen LogP contribution in [0.1, 0.15) is 51.2 Å². The average molecular weight is 274 g/mol. The van der Waals surface area contributed by atoms with Crippen molar-refractivity contribution in [3.63, 3.8) is 0 Å². The SMILES string of the molecule is CC1(C)OC(=O)CC[C@]2(C)c3cc(O)ccc3CC[C@@H]12. The van der Waals surface area contributed by atoms with Crippen LogP contribution in [0.2, 0.25) is 0 Å². The van der Waals surface area contributed by atoms with Crippen LogP contribution < -0.4 is 0 Å². The molecule has 0 bridgehead atoms. The van der Waals surface area contributed by atoms with Gasteiger partial charge in [-0.3, -0.25) is 4.79 Å². The lowest BCUT2D eigenvalue weighted by Gasteiger charge is -2.47. The quantitative estimate of drug-likeness (QED) is 0.738. The van der Waals surface area contributed by atoms with Gasteiger partial charge in [0.15, 0.2) is 0 Å². The van der Waals surface area contributed by atoms with Gasteiger partial charge in [-0.2, -0.15) is 0 Å². The largest absolute Gasteiger partial charge is 0.508 e. The zero-order valence-corrected chi connectivity index (χ0v) is 12.4. The number of carbonyl (C=O) groups excluding carboxylic acids is 1. The summed E-state index contributed by atoms with van der Waals surface area (Å²) in [5.74, 6) is 0.489. The van der Waals surface area contributed by atoms with Crippen LogP contribution in [0.3, 0.4) is 0 Å². The summed E-state index contributed by atoms with van der Waals surface area (Å²) in [6.07, 6.45) is 3.24. The molecule has 2 atom stereocenters. The van der Waals surface area contributed by atoms with Crippen molar-refractivity contribution in [2.24, 2.45) is 5.92 Å². The zero-order chi connectivity index (χ0) is 14.5. The molecule has 3 nitrogen and oxygen atoms in total. The minimum atomic E-state index is -0.453. The van der Waals surface area contributed by atoms with Crippen LogP contribution >= 0.6 is 0 Å². The van der Waals surface area contributed by atoms with Crippen molar-refractivity contribution in [2.45, 2.75) is 57.5 Å². The molecule has 1 aliphatic carbocycles. The molecule has 3 rings (SSSR count). The molecule has 3 heteroatoms.